The van der Waals surface area contributed by atoms with Gasteiger partial charge in [0, 0.05) is 69.9 Å². The van der Waals surface area contributed by atoms with Crippen molar-refractivity contribution >= 4 is 34.7 Å². The summed E-state index contributed by atoms with van der Waals surface area (Å²) in [6.45, 7) is 24.0. The molecule has 0 amide bonds. The lowest BCUT2D eigenvalue weighted by Gasteiger charge is -2.10. The molecule has 76 heavy (non-hydrogen) atoms. The van der Waals surface area contributed by atoms with Crippen LogP contribution in [0.15, 0.2) is 159 Å². The lowest BCUT2D eigenvalue weighted by Crippen LogP contribution is -2.19. The number of rotatable bonds is 3. The predicted octanol–water partition coefficient (Wildman–Crippen LogP) is 14.3. The summed E-state index contributed by atoms with van der Waals surface area (Å²) in [4.78, 5) is 98.9. The number of oxazole rings is 3. The van der Waals surface area contributed by atoms with Crippen LogP contribution < -0.4 is 0 Å². The van der Waals surface area contributed by atoms with E-state index in [0.717, 1.165) is 0 Å². The zero-order chi connectivity index (χ0) is 55.2. The third-order valence-electron chi connectivity index (χ3n) is 10.1. The van der Waals surface area contributed by atoms with Crippen LogP contribution >= 0.6 is 0 Å². The Hall–Kier alpha value is -9.24. The van der Waals surface area contributed by atoms with Crippen LogP contribution in [0.2, 0.25) is 0 Å². The summed E-state index contributed by atoms with van der Waals surface area (Å²) in [5.41, 5.74) is 4.11. The molecule has 6 aromatic heterocycles. The first-order chi connectivity index (χ1) is 36.8. The second-order valence-electron chi connectivity index (χ2n) is 13.9. The van der Waals surface area contributed by atoms with E-state index in [9.17, 15) is 28.8 Å². The largest absolute Gasteiger partial charge is 0.432 e. The van der Waals surface area contributed by atoms with Gasteiger partial charge in [0.25, 0.3) is 0 Å². The Balaban J connectivity index is 0.000000271. The van der Waals surface area contributed by atoms with Crippen molar-refractivity contribution in [3.8, 4) is 34.5 Å². The highest BCUT2D eigenvalue weighted by atomic mass is 16.4. The van der Waals surface area contributed by atoms with Crippen LogP contribution in [0.1, 0.15) is 187 Å². The van der Waals surface area contributed by atoms with Crippen LogP contribution in [-0.2, 0) is 0 Å². The molecular formula is C61H64N6O9. The number of carbonyl (C=O) groups excluding carboxylic acids is 6. The van der Waals surface area contributed by atoms with Gasteiger partial charge in [-0.15, -0.1) is 0 Å². The van der Waals surface area contributed by atoms with Gasteiger partial charge in [-0.05, 0) is 36.4 Å². The molecule has 0 bridgehead atoms. The lowest BCUT2D eigenvalue weighted by molar-refractivity contribution is 0.0959. The highest BCUT2D eigenvalue weighted by Gasteiger charge is 2.37. The molecule has 0 N–H and O–H groups in total. The molecular weight excluding hydrogens is 961 g/mol. The average Bonchev–Trinajstić information content (AvgIpc) is 4.30. The molecule has 9 aromatic rings. The monoisotopic (exact) mass is 1020 g/mol. The van der Waals surface area contributed by atoms with E-state index in [0.29, 0.717) is 50.2 Å². The van der Waals surface area contributed by atoms with E-state index >= 15 is 0 Å². The quantitative estimate of drug-likeness (QED) is 0.161. The second kappa shape index (κ2) is 30.1. The van der Waals surface area contributed by atoms with Gasteiger partial charge in [0.15, 0.2) is 17.1 Å². The molecule has 0 aliphatic heterocycles. The summed E-state index contributed by atoms with van der Waals surface area (Å²) in [5, 5.41) is 0. The van der Waals surface area contributed by atoms with E-state index in [4.69, 9.17) is 13.3 Å². The summed E-state index contributed by atoms with van der Waals surface area (Å²) in [6, 6.07) is 32.2. The summed E-state index contributed by atoms with van der Waals surface area (Å²) < 4.78 is 16.5. The molecule has 392 valence electrons. The van der Waals surface area contributed by atoms with Gasteiger partial charge in [-0.25, -0.2) is 15.0 Å². The van der Waals surface area contributed by atoms with Crippen LogP contribution in [0.3, 0.4) is 0 Å². The third-order valence-corrected chi connectivity index (χ3v) is 10.1. The van der Waals surface area contributed by atoms with Crippen molar-refractivity contribution in [2.45, 2.75) is 90.5 Å². The number of pyridine rings is 3. The van der Waals surface area contributed by atoms with Gasteiger partial charge in [-0.3, -0.25) is 43.7 Å². The fourth-order valence-corrected chi connectivity index (χ4v) is 7.10. The molecule has 15 heteroatoms. The highest BCUT2D eigenvalue weighted by Crippen LogP contribution is 2.33. The minimum Gasteiger partial charge on any atom is -0.432 e. The predicted molar refractivity (Wildman–Crippen MR) is 294 cm³/mol. The van der Waals surface area contributed by atoms with Crippen LogP contribution in [0.4, 0.5) is 0 Å². The molecule has 0 unspecified atom stereocenters. The number of carbonyl (C=O) groups is 6. The maximum Gasteiger partial charge on any atom is 0.246 e. The van der Waals surface area contributed by atoms with E-state index in [1.807, 2.05) is 83.1 Å². The number of hydrogen-bond donors (Lipinski definition) is 0. The molecule has 0 radical (unpaired) electrons. The van der Waals surface area contributed by atoms with Gasteiger partial charge >= 0.3 is 0 Å². The maximum absolute atomic E-state index is 12.4. The Morgan fingerprint density at radius 2 is 0.658 bits per heavy atom. The maximum atomic E-state index is 12.4. The van der Waals surface area contributed by atoms with Crippen molar-refractivity contribution in [3.63, 3.8) is 0 Å². The molecule has 0 atom stereocenters. The fourth-order valence-electron chi connectivity index (χ4n) is 7.10. The molecule has 0 saturated carbocycles. The molecule has 3 aliphatic carbocycles. The van der Waals surface area contributed by atoms with Crippen molar-refractivity contribution in [3.05, 3.63) is 214 Å². The topological polar surface area (TPSA) is 219 Å². The van der Waals surface area contributed by atoms with Crippen LogP contribution in [0.25, 0.3) is 34.5 Å². The summed E-state index contributed by atoms with van der Waals surface area (Å²) in [6.07, 6.45) is 7.97. The zero-order valence-electron chi connectivity index (χ0n) is 44.2. The number of aromatic nitrogens is 6. The first-order valence-corrected chi connectivity index (χ1v) is 25.1. The lowest BCUT2D eigenvalue weighted by atomic mass is 9.91. The minimum atomic E-state index is -0.324. The number of benzene rings is 3. The van der Waals surface area contributed by atoms with Crippen molar-refractivity contribution < 1.29 is 42.0 Å². The summed E-state index contributed by atoms with van der Waals surface area (Å²) >= 11 is 0. The smallest absolute Gasteiger partial charge is 0.246 e. The van der Waals surface area contributed by atoms with Gasteiger partial charge in [0.2, 0.25) is 69.7 Å². The first-order valence-electron chi connectivity index (χ1n) is 25.1. The van der Waals surface area contributed by atoms with E-state index in [1.54, 1.807) is 146 Å². The molecule has 15 nitrogen and oxygen atoms in total. The van der Waals surface area contributed by atoms with E-state index in [1.165, 1.54) is 0 Å². The van der Waals surface area contributed by atoms with Crippen molar-refractivity contribution in [2.75, 3.05) is 0 Å². The number of fused-ring (bicyclic) bond motifs is 6. The SMILES string of the molecule is C.CC.CC.CC.CC.CC.CC.O=C1c2ccccc2C(=O)c2oc(-c3ccccn3)nc21.O=C1c2ccccc2C(=O)c2oc(-c3cccnc3)nc21.O=C1c2ccccc2C(=O)c2oc(-c3ccncc3)nc21. The van der Waals surface area contributed by atoms with Gasteiger partial charge in [-0.1, -0.05) is 169 Å². The number of hydrogen-bond acceptors (Lipinski definition) is 15. The Kier molecular flexibility index (Phi) is 24.2. The molecule has 12 rings (SSSR count). The Labute approximate surface area is 444 Å². The Morgan fingerprint density at radius 3 is 1.01 bits per heavy atom. The molecule has 6 heterocycles. The molecule has 3 aliphatic rings. The molecule has 3 aromatic carbocycles. The normalized spacial score (nSPS) is 11.2. The molecule has 0 fully saturated rings. The van der Waals surface area contributed by atoms with E-state index in [2.05, 4.69) is 29.9 Å². The molecule has 0 saturated heterocycles. The van der Waals surface area contributed by atoms with Crippen molar-refractivity contribution in [2.24, 2.45) is 0 Å². The Bertz CT molecular complexity index is 2850. The van der Waals surface area contributed by atoms with E-state index < -0.39 is 0 Å². The third kappa shape index (κ3) is 12.7. The first kappa shape index (κ1) is 61.1. The van der Waals surface area contributed by atoms with Gasteiger partial charge < -0.3 is 13.3 Å². The fraction of sp³-hybridized carbons (Fsp3) is 0.213. The van der Waals surface area contributed by atoms with Crippen LogP contribution in [-0.4, -0.2) is 64.6 Å². The Morgan fingerprint density at radius 1 is 0.316 bits per heavy atom. The van der Waals surface area contributed by atoms with Gasteiger partial charge in [0.05, 0.1) is 5.56 Å². The number of ketones is 6. The van der Waals surface area contributed by atoms with Crippen LogP contribution in [0, 0.1) is 0 Å². The summed E-state index contributed by atoms with van der Waals surface area (Å²) in [7, 11) is 0. The summed E-state index contributed by atoms with van der Waals surface area (Å²) in [5.74, 6) is -1.20. The van der Waals surface area contributed by atoms with Gasteiger partial charge in [0.1, 0.15) is 5.69 Å². The van der Waals surface area contributed by atoms with Crippen molar-refractivity contribution in [1.29, 1.82) is 0 Å². The van der Waals surface area contributed by atoms with E-state index in [-0.39, 0.29) is 94.2 Å². The standard InChI is InChI=1S/3C16H8N2O3.6C2H6.CH4/c19-13-10-5-1-2-6-11(10)14(20)15-12(13)18-16(21-15)9-4-3-7-17-8-9;19-13-9-5-1-2-6-10(9)14(20)15-12(13)18-16(21-15)11-7-3-4-8-17-11;19-13-10-3-1-2-4-11(10)14(20)15-12(13)18-16(21-15)9-5-7-17-8-6-9;6*1-2;/h3*1-8H;6*1-2H3;1H4. The minimum absolute atomic E-state index is 0. The van der Waals surface area contributed by atoms with Crippen LogP contribution in [0.5, 0.6) is 0 Å². The number of nitrogens with zero attached hydrogens (tertiary/aromatic N) is 6. The van der Waals surface area contributed by atoms with Gasteiger partial charge in [-0.2, -0.15) is 0 Å². The highest BCUT2D eigenvalue weighted by molar-refractivity contribution is 6.28. The zero-order valence-corrected chi connectivity index (χ0v) is 44.2. The second-order valence-corrected chi connectivity index (χ2v) is 13.9. The molecule has 0 spiro atoms. The average molecular weight is 1030 g/mol. The van der Waals surface area contributed by atoms with Crippen molar-refractivity contribution in [1.82, 2.24) is 29.9 Å².